The van der Waals surface area contributed by atoms with Crippen molar-refractivity contribution in [1.29, 1.82) is 0 Å². The van der Waals surface area contributed by atoms with Crippen LogP contribution in [0.3, 0.4) is 0 Å². The molecule has 0 aliphatic heterocycles. The molecule has 0 atom stereocenters. The Labute approximate surface area is 120 Å². The van der Waals surface area contributed by atoms with Crippen LogP contribution >= 0.6 is 11.6 Å². The fourth-order valence-corrected chi connectivity index (χ4v) is 3.08. The summed E-state index contributed by atoms with van der Waals surface area (Å²) in [6, 6.07) is 8.11. The number of nitrogens with zero attached hydrogens (tertiary/aromatic N) is 1. The highest BCUT2D eigenvalue weighted by atomic mass is 35.5. The number of carbonyl (C=O) groups excluding carboxylic acids is 1. The second-order valence-electron chi connectivity index (χ2n) is 5.22. The van der Waals surface area contributed by atoms with Gasteiger partial charge in [-0.05, 0) is 37.5 Å². The molecule has 0 radical (unpaired) electrons. The largest absolute Gasteiger partial charge is 0.336 e. The van der Waals surface area contributed by atoms with Crippen molar-refractivity contribution in [2.75, 3.05) is 6.54 Å². The first-order valence-corrected chi connectivity index (χ1v) is 7.75. The number of benzene rings is 1. The van der Waals surface area contributed by atoms with Gasteiger partial charge in [-0.2, -0.15) is 0 Å². The highest BCUT2D eigenvalue weighted by molar-refractivity contribution is 6.17. The monoisotopic (exact) mass is 279 g/mol. The van der Waals surface area contributed by atoms with E-state index < -0.39 is 0 Å². The van der Waals surface area contributed by atoms with Gasteiger partial charge in [0.1, 0.15) is 0 Å². The van der Waals surface area contributed by atoms with E-state index in [1.165, 1.54) is 19.3 Å². The maximum atomic E-state index is 12.6. The van der Waals surface area contributed by atoms with Crippen molar-refractivity contribution in [2.45, 2.75) is 50.9 Å². The van der Waals surface area contributed by atoms with Gasteiger partial charge in [-0.1, -0.05) is 31.4 Å². The molecule has 2 nitrogen and oxygen atoms in total. The molecule has 0 bridgehead atoms. The lowest BCUT2D eigenvalue weighted by atomic mass is 9.93. The second-order valence-corrected chi connectivity index (χ2v) is 5.48. The van der Waals surface area contributed by atoms with Crippen molar-refractivity contribution in [1.82, 2.24) is 4.90 Å². The molecule has 1 fully saturated rings. The third-order valence-electron chi connectivity index (χ3n) is 3.95. The predicted octanol–water partition coefficient (Wildman–Crippen LogP) is 4.22. The molecule has 1 aromatic carbocycles. The lowest BCUT2D eigenvalue weighted by Gasteiger charge is -2.33. The molecular weight excluding hydrogens is 258 g/mol. The van der Waals surface area contributed by atoms with Crippen LogP contribution in [-0.2, 0) is 5.88 Å². The van der Waals surface area contributed by atoms with E-state index in [2.05, 4.69) is 6.92 Å². The van der Waals surface area contributed by atoms with Crippen LogP contribution in [0.15, 0.2) is 24.3 Å². The number of alkyl halides is 1. The topological polar surface area (TPSA) is 20.3 Å². The first-order chi connectivity index (χ1) is 9.26. The second kappa shape index (κ2) is 6.95. The van der Waals surface area contributed by atoms with Gasteiger partial charge in [0.05, 0.1) is 0 Å². The van der Waals surface area contributed by atoms with Crippen molar-refractivity contribution in [2.24, 2.45) is 0 Å². The first-order valence-electron chi connectivity index (χ1n) is 7.22. The van der Waals surface area contributed by atoms with Gasteiger partial charge in [0.2, 0.25) is 0 Å². The van der Waals surface area contributed by atoms with E-state index >= 15 is 0 Å². The van der Waals surface area contributed by atoms with Crippen LogP contribution in [0, 0.1) is 0 Å². The summed E-state index contributed by atoms with van der Waals surface area (Å²) in [6.45, 7) is 2.85. The van der Waals surface area contributed by atoms with E-state index in [9.17, 15) is 4.79 Å². The van der Waals surface area contributed by atoms with Gasteiger partial charge in [-0.15, -0.1) is 11.6 Å². The maximum Gasteiger partial charge on any atom is 0.254 e. The molecular formula is C16H22ClNO. The Hall–Kier alpha value is -1.02. The fourth-order valence-electron chi connectivity index (χ4n) is 2.91. The van der Waals surface area contributed by atoms with E-state index in [0.717, 1.165) is 30.5 Å². The molecule has 1 amide bonds. The van der Waals surface area contributed by atoms with Crippen LogP contribution in [0.1, 0.15) is 54.9 Å². The number of carbonyl (C=O) groups is 1. The summed E-state index contributed by atoms with van der Waals surface area (Å²) in [5, 5.41) is 0. The average molecular weight is 280 g/mol. The Morgan fingerprint density at radius 1 is 1.32 bits per heavy atom. The summed E-state index contributed by atoms with van der Waals surface area (Å²) in [7, 11) is 0. The SMILES string of the molecule is CCN(C(=O)c1cccc(CCl)c1)C1CCCCC1. The molecule has 1 saturated carbocycles. The zero-order valence-electron chi connectivity index (χ0n) is 11.6. The van der Waals surface area contributed by atoms with E-state index in [-0.39, 0.29) is 5.91 Å². The number of rotatable bonds is 4. The third kappa shape index (κ3) is 3.50. The molecule has 0 unspecified atom stereocenters. The Morgan fingerprint density at radius 2 is 2.05 bits per heavy atom. The number of hydrogen-bond donors (Lipinski definition) is 0. The summed E-state index contributed by atoms with van der Waals surface area (Å²) in [4.78, 5) is 14.7. The lowest BCUT2D eigenvalue weighted by molar-refractivity contribution is 0.0648. The molecule has 19 heavy (non-hydrogen) atoms. The predicted molar refractivity (Wildman–Crippen MR) is 79.6 cm³/mol. The molecule has 0 saturated heterocycles. The van der Waals surface area contributed by atoms with Crippen molar-refractivity contribution >= 4 is 17.5 Å². The standard InChI is InChI=1S/C16H22ClNO/c1-2-18(15-9-4-3-5-10-15)16(19)14-8-6-7-13(11-14)12-17/h6-8,11,15H,2-5,9-10,12H2,1H3. The summed E-state index contributed by atoms with van der Waals surface area (Å²) < 4.78 is 0. The minimum absolute atomic E-state index is 0.154. The molecule has 1 aliphatic rings. The number of hydrogen-bond acceptors (Lipinski definition) is 1. The van der Waals surface area contributed by atoms with Crippen LogP contribution in [0.4, 0.5) is 0 Å². The Morgan fingerprint density at radius 3 is 2.68 bits per heavy atom. The molecule has 104 valence electrons. The summed E-state index contributed by atoms with van der Waals surface area (Å²) in [6.07, 6.45) is 6.10. The van der Waals surface area contributed by atoms with Crippen LogP contribution in [0.5, 0.6) is 0 Å². The van der Waals surface area contributed by atoms with E-state index in [1.54, 1.807) is 0 Å². The number of amides is 1. The van der Waals surface area contributed by atoms with Crippen LogP contribution in [0.25, 0.3) is 0 Å². The molecule has 1 aliphatic carbocycles. The molecule has 1 aromatic rings. The third-order valence-corrected chi connectivity index (χ3v) is 4.25. The smallest absolute Gasteiger partial charge is 0.254 e. The van der Waals surface area contributed by atoms with Gasteiger partial charge in [-0.3, -0.25) is 4.79 Å². The van der Waals surface area contributed by atoms with Gasteiger partial charge in [0, 0.05) is 24.0 Å². The Kier molecular flexibility index (Phi) is 5.26. The minimum atomic E-state index is 0.154. The lowest BCUT2D eigenvalue weighted by Crippen LogP contribution is -2.41. The summed E-state index contributed by atoms with van der Waals surface area (Å²) in [5.41, 5.74) is 1.78. The maximum absolute atomic E-state index is 12.6. The van der Waals surface area contributed by atoms with Crippen LogP contribution in [-0.4, -0.2) is 23.4 Å². The Balaban J connectivity index is 2.14. The van der Waals surface area contributed by atoms with Crippen LogP contribution in [0.2, 0.25) is 0 Å². The fraction of sp³-hybridized carbons (Fsp3) is 0.562. The average Bonchev–Trinajstić information content (AvgIpc) is 2.49. The van der Waals surface area contributed by atoms with E-state index in [4.69, 9.17) is 11.6 Å². The van der Waals surface area contributed by atoms with Gasteiger partial charge in [0.25, 0.3) is 5.91 Å². The van der Waals surface area contributed by atoms with Crippen molar-refractivity contribution in [3.05, 3.63) is 35.4 Å². The zero-order chi connectivity index (χ0) is 13.7. The van der Waals surface area contributed by atoms with Crippen molar-refractivity contribution in [3.8, 4) is 0 Å². The van der Waals surface area contributed by atoms with Gasteiger partial charge >= 0.3 is 0 Å². The summed E-state index contributed by atoms with van der Waals surface area (Å²) in [5.74, 6) is 0.609. The van der Waals surface area contributed by atoms with Gasteiger partial charge in [-0.25, -0.2) is 0 Å². The van der Waals surface area contributed by atoms with E-state index in [1.807, 2.05) is 29.2 Å². The number of halogens is 1. The summed E-state index contributed by atoms with van der Waals surface area (Å²) >= 11 is 5.84. The van der Waals surface area contributed by atoms with Crippen LogP contribution < -0.4 is 0 Å². The van der Waals surface area contributed by atoms with Gasteiger partial charge in [0.15, 0.2) is 0 Å². The minimum Gasteiger partial charge on any atom is -0.336 e. The van der Waals surface area contributed by atoms with Gasteiger partial charge < -0.3 is 4.90 Å². The van der Waals surface area contributed by atoms with E-state index in [0.29, 0.717) is 11.9 Å². The molecule has 0 heterocycles. The first kappa shape index (κ1) is 14.4. The molecule has 0 spiro atoms. The molecule has 2 rings (SSSR count). The quantitative estimate of drug-likeness (QED) is 0.756. The molecule has 3 heteroatoms. The van der Waals surface area contributed by atoms with Crippen molar-refractivity contribution in [3.63, 3.8) is 0 Å². The normalized spacial score (nSPS) is 16.3. The Bertz CT molecular complexity index is 427. The highest BCUT2D eigenvalue weighted by Gasteiger charge is 2.24. The van der Waals surface area contributed by atoms with Crippen molar-refractivity contribution < 1.29 is 4.79 Å². The molecule has 0 aromatic heterocycles. The highest BCUT2D eigenvalue weighted by Crippen LogP contribution is 2.24. The zero-order valence-corrected chi connectivity index (χ0v) is 12.3. The molecule has 0 N–H and O–H groups in total.